The lowest BCUT2D eigenvalue weighted by Crippen LogP contribution is -2.35. The molecule has 1 aliphatic heterocycles. The molecule has 0 saturated heterocycles. The lowest BCUT2D eigenvalue weighted by Gasteiger charge is -2.18. The lowest BCUT2D eigenvalue weighted by molar-refractivity contribution is -0.117. The van der Waals surface area contributed by atoms with Crippen molar-refractivity contribution in [3.63, 3.8) is 0 Å². The number of hydrogen-bond acceptors (Lipinski definition) is 3. The Kier molecular flexibility index (Phi) is 3.92. The van der Waals surface area contributed by atoms with Gasteiger partial charge in [-0.25, -0.2) is 0 Å². The summed E-state index contributed by atoms with van der Waals surface area (Å²) in [6, 6.07) is 10.0. The molecule has 0 saturated carbocycles. The molecule has 2 N–H and O–H groups in total. The molecule has 0 spiro atoms. The van der Waals surface area contributed by atoms with E-state index in [1.165, 1.54) is 4.88 Å². The molecule has 0 fully saturated rings. The van der Waals surface area contributed by atoms with Gasteiger partial charge in [-0.15, -0.1) is 11.3 Å². The van der Waals surface area contributed by atoms with Crippen molar-refractivity contribution in [3.8, 4) is 0 Å². The Morgan fingerprint density at radius 2 is 2.30 bits per heavy atom. The molecule has 1 aromatic heterocycles. The molecule has 0 aliphatic carbocycles. The zero-order valence-electron chi connectivity index (χ0n) is 11.0. The van der Waals surface area contributed by atoms with Crippen molar-refractivity contribution in [1.82, 2.24) is 5.32 Å². The van der Waals surface area contributed by atoms with E-state index in [0.29, 0.717) is 0 Å². The van der Waals surface area contributed by atoms with Gasteiger partial charge in [-0.3, -0.25) is 10.1 Å². The number of hydrogen-bond donors (Lipinski definition) is 2. The first-order chi connectivity index (χ1) is 9.63. The van der Waals surface area contributed by atoms with Crippen molar-refractivity contribution in [2.45, 2.75) is 25.4 Å². The van der Waals surface area contributed by atoms with Gasteiger partial charge in [0.2, 0.25) is 5.91 Å². The quantitative estimate of drug-likeness (QED) is 0.881. The van der Waals surface area contributed by atoms with Crippen molar-refractivity contribution in [2.24, 2.45) is 0 Å². The highest BCUT2D eigenvalue weighted by atomic mass is 79.9. The highest BCUT2D eigenvalue weighted by molar-refractivity contribution is 9.10. The molecule has 1 amide bonds. The number of nitrogens with one attached hydrogen (secondary N) is 2. The van der Waals surface area contributed by atoms with E-state index in [1.54, 1.807) is 11.3 Å². The minimum Gasteiger partial charge on any atom is -0.324 e. The molecule has 2 heterocycles. The maximum Gasteiger partial charge on any atom is 0.246 e. The third-order valence-electron chi connectivity index (χ3n) is 3.38. The monoisotopic (exact) mass is 350 g/mol. The van der Waals surface area contributed by atoms with E-state index < -0.39 is 0 Å². The first-order valence-electron chi connectivity index (χ1n) is 6.52. The van der Waals surface area contributed by atoms with Crippen LogP contribution in [-0.4, -0.2) is 11.9 Å². The highest BCUT2D eigenvalue weighted by Crippen LogP contribution is 2.33. The molecule has 3 rings (SSSR count). The van der Waals surface area contributed by atoms with Crippen molar-refractivity contribution in [3.05, 3.63) is 50.6 Å². The summed E-state index contributed by atoms with van der Waals surface area (Å²) in [5.74, 6) is 0.0242. The SMILES string of the molecule is CC(Cc1cccs1)NC1C(=O)Nc2ccc(Br)cc21. The fourth-order valence-corrected chi connectivity index (χ4v) is 3.69. The van der Waals surface area contributed by atoms with E-state index in [4.69, 9.17) is 0 Å². The van der Waals surface area contributed by atoms with Crippen LogP contribution in [0, 0.1) is 0 Å². The lowest BCUT2D eigenvalue weighted by atomic mass is 10.1. The summed E-state index contributed by atoms with van der Waals surface area (Å²) in [4.78, 5) is 13.4. The van der Waals surface area contributed by atoms with Crippen LogP contribution >= 0.6 is 27.3 Å². The smallest absolute Gasteiger partial charge is 0.246 e. The fourth-order valence-electron chi connectivity index (χ4n) is 2.47. The predicted octanol–water partition coefficient (Wildman–Crippen LogP) is 3.72. The first-order valence-corrected chi connectivity index (χ1v) is 8.19. The number of thiophene rings is 1. The minimum absolute atomic E-state index is 0.0242. The number of benzene rings is 1. The summed E-state index contributed by atoms with van der Waals surface area (Å²) >= 11 is 5.21. The number of fused-ring (bicyclic) bond motifs is 1. The fraction of sp³-hybridized carbons (Fsp3) is 0.267. The summed E-state index contributed by atoms with van der Waals surface area (Å²) in [5, 5.41) is 8.42. The van der Waals surface area contributed by atoms with Crippen molar-refractivity contribution in [2.75, 3.05) is 5.32 Å². The van der Waals surface area contributed by atoms with Gasteiger partial charge in [0.15, 0.2) is 0 Å². The van der Waals surface area contributed by atoms with E-state index in [1.807, 2.05) is 18.2 Å². The molecule has 104 valence electrons. The van der Waals surface area contributed by atoms with E-state index in [9.17, 15) is 4.79 Å². The second-order valence-corrected chi connectivity index (χ2v) is 6.95. The number of carbonyl (C=O) groups is 1. The molecule has 20 heavy (non-hydrogen) atoms. The van der Waals surface area contributed by atoms with Crippen LogP contribution in [0.4, 0.5) is 5.69 Å². The van der Waals surface area contributed by atoms with Gasteiger partial charge in [0, 0.05) is 26.6 Å². The van der Waals surface area contributed by atoms with Gasteiger partial charge in [-0.1, -0.05) is 22.0 Å². The predicted molar refractivity (Wildman–Crippen MR) is 86.1 cm³/mol. The third-order valence-corrected chi connectivity index (χ3v) is 4.78. The van der Waals surface area contributed by atoms with Gasteiger partial charge in [0.05, 0.1) is 0 Å². The Balaban J connectivity index is 1.74. The minimum atomic E-state index is -0.266. The highest BCUT2D eigenvalue weighted by Gasteiger charge is 2.31. The summed E-state index contributed by atoms with van der Waals surface area (Å²) in [6.07, 6.45) is 0.935. The van der Waals surface area contributed by atoms with E-state index >= 15 is 0 Å². The zero-order valence-corrected chi connectivity index (χ0v) is 13.4. The van der Waals surface area contributed by atoms with Crippen LogP contribution < -0.4 is 10.6 Å². The second kappa shape index (κ2) is 5.68. The third kappa shape index (κ3) is 2.80. The average molecular weight is 351 g/mol. The summed E-state index contributed by atoms with van der Waals surface area (Å²) in [7, 11) is 0. The Labute approximate surface area is 130 Å². The molecule has 2 atom stereocenters. The van der Waals surface area contributed by atoms with Gasteiger partial charge in [0.25, 0.3) is 0 Å². The first kappa shape index (κ1) is 13.8. The number of rotatable bonds is 4. The van der Waals surface area contributed by atoms with Crippen molar-refractivity contribution in [1.29, 1.82) is 0 Å². The van der Waals surface area contributed by atoms with E-state index in [0.717, 1.165) is 22.1 Å². The maximum atomic E-state index is 12.1. The number of amides is 1. The second-order valence-electron chi connectivity index (χ2n) is 5.01. The molecule has 2 unspecified atom stereocenters. The number of carbonyl (C=O) groups excluding carboxylic acids is 1. The summed E-state index contributed by atoms with van der Waals surface area (Å²) in [5.41, 5.74) is 1.92. The average Bonchev–Trinajstić information content (AvgIpc) is 3.00. The van der Waals surface area contributed by atoms with Crippen LogP contribution in [0.25, 0.3) is 0 Å². The molecule has 0 radical (unpaired) electrons. The molecule has 2 aromatic rings. The van der Waals surface area contributed by atoms with Crippen LogP contribution in [0.3, 0.4) is 0 Å². The number of halogens is 1. The summed E-state index contributed by atoms with van der Waals surface area (Å²) < 4.78 is 0.991. The molecule has 0 bridgehead atoms. The molecular weight excluding hydrogens is 336 g/mol. The molecule has 3 nitrogen and oxygen atoms in total. The van der Waals surface area contributed by atoms with Gasteiger partial charge >= 0.3 is 0 Å². The van der Waals surface area contributed by atoms with Crippen molar-refractivity contribution < 1.29 is 4.79 Å². The molecule has 5 heteroatoms. The summed E-state index contributed by atoms with van der Waals surface area (Å²) in [6.45, 7) is 2.11. The van der Waals surface area contributed by atoms with Crippen LogP contribution in [0.2, 0.25) is 0 Å². The van der Waals surface area contributed by atoms with Gasteiger partial charge in [-0.05, 0) is 43.0 Å². The van der Waals surface area contributed by atoms with E-state index in [-0.39, 0.29) is 18.0 Å². The van der Waals surface area contributed by atoms with Crippen LogP contribution in [-0.2, 0) is 11.2 Å². The van der Waals surface area contributed by atoms with E-state index in [2.05, 4.69) is 51.0 Å². The van der Waals surface area contributed by atoms with Crippen LogP contribution in [0.1, 0.15) is 23.4 Å². The Morgan fingerprint density at radius 3 is 3.05 bits per heavy atom. The Morgan fingerprint density at radius 1 is 1.45 bits per heavy atom. The maximum absolute atomic E-state index is 12.1. The zero-order chi connectivity index (χ0) is 14.1. The molecule has 1 aromatic carbocycles. The number of anilines is 1. The molecule has 1 aliphatic rings. The largest absolute Gasteiger partial charge is 0.324 e. The van der Waals surface area contributed by atoms with Crippen molar-refractivity contribution >= 4 is 38.9 Å². The Bertz CT molecular complexity index is 627. The van der Waals surface area contributed by atoms with Crippen LogP contribution in [0.15, 0.2) is 40.2 Å². The van der Waals surface area contributed by atoms with Crippen LogP contribution in [0.5, 0.6) is 0 Å². The Hall–Kier alpha value is -1.17. The topological polar surface area (TPSA) is 41.1 Å². The normalized spacial score (nSPS) is 18.7. The van der Waals surface area contributed by atoms with Gasteiger partial charge in [-0.2, -0.15) is 0 Å². The standard InChI is InChI=1S/C15H15BrN2OS/c1-9(7-11-3-2-6-20-11)17-14-12-8-10(16)4-5-13(12)18-15(14)19/h2-6,8-9,14,17H,7H2,1H3,(H,18,19). The van der Waals surface area contributed by atoms with Gasteiger partial charge in [0.1, 0.15) is 6.04 Å². The van der Waals surface area contributed by atoms with Gasteiger partial charge < -0.3 is 5.32 Å². The molecular formula is C15H15BrN2OS.